The van der Waals surface area contributed by atoms with Crippen LogP contribution in [0.4, 0.5) is 5.69 Å². The minimum Gasteiger partial charge on any atom is -0.504 e. The van der Waals surface area contributed by atoms with E-state index >= 15 is 0 Å². The van der Waals surface area contributed by atoms with Crippen molar-refractivity contribution in [1.29, 1.82) is 0 Å². The van der Waals surface area contributed by atoms with E-state index in [9.17, 15) is 19.8 Å². The molecular formula is C32H40N4O5. The minimum absolute atomic E-state index is 0.0504. The highest BCUT2D eigenvalue weighted by Gasteiger charge is 2.24. The second-order valence-electron chi connectivity index (χ2n) is 10.8. The summed E-state index contributed by atoms with van der Waals surface area (Å²) in [5, 5.41) is 22.5. The standard InChI is InChI=1S/C32H40N4O5/c1-5-41-29(38)18-33-32(40)30-31(39)21(4)34-28(35-30)16-22-12-14-36(15-13-22)26-10-8-23(9-11-26)24-6-7-25(19-37)27(17-24)20(2)3/h6-11,17,20,22,37,39H,5,12-16,18-19H2,1-4H3,(H,33,40). The van der Waals surface area contributed by atoms with Gasteiger partial charge in [0.2, 0.25) is 0 Å². The van der Waals surface area contributed by atoms with Crippen LogP contribution in [0.25, 0.3) is 11.1 Å². The molecule has 0 aliphatic carbocycles. The lowest BCUT2D eigenvalue weighted by Gasteiger charge is -2.33. The number of piperidine rings is 1. The summed E-state index contributed by atoms with van der Waals surface area (Å²) in [5.41, 5.74) is 5.84. The second-order valence-corrected chi connectivity index (χ2v) is 10.8. The van der Waals surface area contributed by atoms with Gasteiger partial charge in [-0.25, -0.2) is 9.97 Å². The van der Waals surface area contributed by atoms with Crippen molar-refractivity contribution in [1.82, 2.24) is 15.3 Å². The molecule has 3 N–H and O–H groups in total. The molecule has 0 spiro atoms. The zero-order chi connectivity index (χ0) is 29.5. The largest absolute Gasteiger partial charge is 0.504 e. The molecule has 1 amide bonds. The number of aromatic hydroxyl groups is 1. The molecule has 1 saturated heterocycles. The zero-order valence-corrected chi connectivity index (χ0v) is 24.3. The number of carbonyl (C=O) groups is 2. The first-order valence-corrected chi connectivity index (χ1v) is 14.3. The number of ether oxygens (including phenoxy) is 1. The van der Waals surface area contributed by atoms with Crippen molar-refractivity contribution < 1.29 is 24.5 Å². The van der Waals surface area contributed by atoms with Crippen LogP contribution in [0.15, 0.2) is 42.5 Å². The van der Waals surface area contributed by atoms with E-state index in [0.29, 0.717) is 29.8 Å². The number of rotatable bonds is 10. The molecule has 2 aromatic carbocycles. The van der Waals surface area contributed by atoms with Gasteiger partial charge in [-0.1, -0.05) is 44.2 Å². The Bertz CT molecular complexity index is 1370. The second kappa shape index (κ2) is 13.6. The highest BCUT2D eigenvalue weighted by atomic mass is 16.5. The van der Waals surface area contributed by atoms with Crippen LogP contribution < -0.4 is 10.2 Å². The topological polar surface area (TPSA) is 125 Å². The number of nitrogens with zero attached hydrogens (tertiary/aromatic N) is 3. The van der Waals surface area contributed by atoms with Crippen molar-refractivity contribution in [2.24, 2.45) is 5.92 Å². The monoisotopic (exact) mass is 560 g/mol. The molecule has 0 saturated carbocycles. The van der Waals surface area contributed by atoms with E-state index in [4.69, 9.17) is 4.74 Å². The van der Waals surface area contributed by atoms with Crippen molar-refractivity contribution >= 4 is 17.6 Å². The number of aryl methyl sites for hydroxylation is 1. The van der Waals surface area contributed by atoms with Gasteiger partial charge < -0.3 is 25.2 Å². The van der Waals surface area contributed by atoms with Gasteiger partial charge in [-0.15, -0.1) is 0 Å². The molecule has 1 aliphatic rings. The summed E-state index contributed by atoms with van der Waals surface area (Å²) in [4.78, 5) is 35.3. The third-order valence-electron chi connectivity index (χ3n) is 7.61. The van der Waals surface area contributed by atoms with Crippen LogP contribution in [0.5, 0.6) is 5.75 Å². The Balaban J connectivity index is 1.36. The number of hydrogen-bond acceptors (Lipinski definition) is 8. The number of amides is 1. The van der Waals surface area contributed by atoms with Gasteiger partial charge in [-0.3, -0.25) is 9.59 Å². The first-order valence-electron chi connectivity index (χ1n) is 14.3. The van der Waals surface area contributed by atoms with E-state index in [1.54, 1.807) is 13.8 Å². The van der Waals surface area contributed by atoms with Crippen LogP contribution in [0.1, 0.15) is 72.7 Å². The van der Waals surface area contributed by atoms with Crippen molar-refractivity contribution in [3.63, 3.8) is 0 Å². The molecule has 3 aromatic rings. The first-order chi connectivity index (χ1) is 19.7. The van der Waals surface area contributed by atoms with Crippen molar-refractivity contribution in [2.45, 2.75) is 59.5 Å². The predicted molar refractivity (Wildman–Crippen MR) is 158 cm³/mol. The van der Waals surface area contributed by atoms with Gasteiger partial charge in [-0.2, -0.15) is 0 Å². The van der Waals surface area contributed by atoms with Crippen LogP contribution in [0.3, 0.4) is 0 Å². The fourth-order valence-electron chi connectivity index (χ4n) is 5.30. The molecule has 1 aromatic heterocycles. The molecule has 1 fully saturated rings. The van der Waals surface area contributed by atoms with Gasteiger partial charge in [0, 0.05) is 25.2 Å². The molecule has 1 aliphatic heterocycles. The maximum Gasteiger partial charge on any atom is 0.325 e. The first kappa shape index (κ1) is 30.0. The number of aliphatic hydroxyl groups is 1. The highest BCUT2D eigenvalue weighted by molar-refractivity contribution is 5.96. The molecule has 41 heavy (non-hydrogen) atoms. The maximum atomic E-state index is 12.6. The van der Waals surface area contributed by atoms with E-state index in [2.05, 4.69) is 70.4 Å². The maximum absolute atomic E-state index is 12.6. The van der Waals surface area contributed by atoms with E-state index in [1.165, 1.54) is 11.3 Å². The average molecular weight is 561 g/mol. The predicted octanol–water partition coefficient (Wildman–Crippen LogP) is 4.53. The minimum atomic E-state index is -0.634. The van der Waals surface area contributed by atoms with Crippen LogP contribution in [-0.2, 0) is 22.6 Å². The lowest BCUT2D eigenvalue weighted by Crippen LogP contribution is -2.34. The summed E-state index contributed by atoms with van der Waals surface area (Å²) >= 11 is 0. The fourth-order valence-corrected chi connectivity index (χ4v) is 5.30. The molecule has 0 atom stereocenters. The lowest BCUT2D eigenvalue weighted by molar-refractivity contribution is -0.141. The number of anilines is 1. The summed E-state index contributed by atoms with van der Waals surface area (Å²) in [6.45, 7) is 9.39. The zero-order valence-electron chi connectivity index (χ0n) is 24.3. The van der Waals surface area contributed by atoms with Crippen LogP contribution >= 0.6 is 0 Å². The van der Waals surface area contributed by atoms with Gasteiger partial charge in [-0.05, 0) is 72.9 Å². The fraction of sp³-hybridized carbons (Fsp3) is 0.438. The number of nitrogens with one attached hydrogen (secondary N) is 1. The normalized spacial score (nSPS) is 13.9. The summed E-state index contributed by atoms with van der Waals surface area (Å²) < 4.78 is 4.83. The Morgan fingerprint density at radius 3 is 2.39 bits per heavy atom. The smallest absolute Gasteiger partial charge is 0.325 e. The Labute approximate surface area is 241 Å². The van der Waals surface area contributed by atoms with E-state index < -0.39 is 11.9 Å². The number of benzene rings is 2. The van der Waals surface area contributed by atoms with Gasteiger partial charge in [0.1, 0.15) is 12.4 Å². The summed E-state index contributed by atoms with van der Waals surface area (Å²) in [6, 6.07) is 14.9. The summed E-state index contributed by atoms with van der Waals surface area (Å²) in [5.74, 6) is -0.261. The van der Waals surface area contributed by atoms with Gasteiger partial charge in [0.15, 0.2) is 11.4 Å². The van der Waals surface area contributed by atoms with Crippen LogP contribution in [-0.4, -0.2) is 58.3 Å². The number of carbonyl (C=O) groups excluding carboxylic acids is 2. The quantitative estimate of drug-likeness (QED) is 0.309. The number of aliphatic hydroxyl groups excluding tert-OH is 1. The van der Waals surface area contributed by atoms with Crippen molar-refractivity contribution in [3.05, 3.63) is 70.8 Å². The Morgan fingerprint density at radius 2 is 1.76 bits per heavy atom. The van der Waals surface area contributed by atoms with Crippen LogP contribution in [0, 0.1) is 12.8 Å². The molecule has 0 unspecified atom stereocenters. The van der Waals surface area contributed by atoms with E-state index in [-0.39, 0.29) is 31.2 Å². The summed E-state index contributed by atoms with van der Waals surface area (Å²) in [6.07, 6.45) is 2.51. The van der Waals surface area contributed by atoms with Crippen molar-refractivity contribution in [3.8, 4) is 16.9 Å². The molecule has 9 heteroatoms. The highest BCUT2D eigenvalue weighted by Crippen LogP contribution is 2.31. The molecular weight excluding hydrogens is 520 g/mol. The Kier molecular flexibility index (Phi) is 9.94. The number of aromatic nitrogens is 2. The van der Waals surface area contributed by atoms with E-state index in [1.807, 2.05) is 6.07 Å². The van der Waals surface area contributed by atoms with Gasteiger partial charge in [0.25, 0.3) is 5.91 Å². The third-order valence-corrected chi connectivity index (χ3v) is 7.61. The SMILES string of the molecule is CCOC(=O)CNC(=O)c1nc(CC2CCN(c3ccc(-c4ccc(CO)c(C(C)C)c4)cc3)CC2)nc(C)c1O. The Hall–Kier alpha value is -3.98. The van der Waals surface area contributed by atoms with Gasteiger partial charge >= 0.3 is 5.97 Å². The van der Waals surface area contributed by atoms with Gasteiger partial charge in [0.05, 0.1) is 18.9 Å². The third kappa shape index (κ3) is 7.41. The average Bonchev–Trinajstić information content (AvgIpc) is 2.98. The van der Waals surface area contributed by atoms with Crippen LogP contribution in [0.2, 0.25) is 0 Å². The lowest BCUT2D eigenvalue weighted by atomic mass is 9.92. The van der Waals surface area contributed by atoms with Crippen molar-refractivity contribution in [2.75, 3.05) is 31.1 Å². The molecule has 218 valence electrons. The number of hydrogen-bond donors (Lipinski definition) is 3. The molecule has 2 heterocycles. The summed E-state index contributed by atoms with van der Waals surface area (Å²) in [7, 11) is 0. The molecule has 9 nitrogen and oxygen atoms in total. The number of esters is 1. The molecule has 0 bridgehead atoms. The van der Waals surface area contributed by atoms with E-state index in [0.717, 1.165) is 42.6 Å². The molecule has 0 radical (unpaired) electrons. The molecule has 4 rings (SSSR count). The Morgan fingerprint density at radius 1 is 1.07 bits per heavy atom.